The predicted octanol–water partition coefficient (Wildman–Crippen LogP) is 2.14. The van der Waals surface area contributed by atoms with Crippen LogP contribution in [0.4, 0.5) is 0 Å². The van der Waals surface area contributed by atoms with Crippen LogP contribution in [0.5, 0.6) is 0 Å². The standard InChI is InChI=1S/C15H18Cl2N2O2/c16-13-3-1-12(11-14(13)17)2-4-15(21)19-7-5-18(6-8-19)9-10-20/h1-4,11,20H,5-10H2/b4-2+. The van der Waals surface area contributed by atoms with Gasteiger partial charge < -0.3 is 10.0 Å². The Hall–Kier alpha value is -1.07. The third-order valence-electron chi connectivity index (χ3n) is 3.46. The van der Waals surface area contributed by atoms with E-state index in [0.717, 1.165) is 18.7 Å². The SMILES string of the molecule is O=C(/C=C/c1ccc(Cl)c(Cl)c1)N1CCN(CCO)CC1. The lowest BCUT2D eigenvalue weighted by atomic mass is 10.2. The highest BCUT2D eigenvalue weighted by Gasteiger charge is 2.18. The molecule has 0 atom stereocenters. The Morgan fingerprint density at radius 2 is 1.90 bits per heavy atom. The second-order valence-corrected chi connectivity index (χ2v) is 5.71. The van der Waals surface area contributed by atoms with Crippen LogP contribution in [0.1, 0.15) is 5.56 Å². The van der Waals surface area contributed by atoms with E-state index in [1.807, 2.05) is 11.0 Å². The molecule has 0 bridgehead atoms. The maximum atomic E-state index is 12.1. The molecule has 1 heterocycles. The van der Waals surface area contributed by atoms with Gasteiger partial charge in [-0.05, 0) is 23.8 Å². The topological polar surface area (TPSA) is 43.8 Å². The summed E-state index contributed by atoms with van der Waals surface area (Å²) in [4.78, 5) is 16.1. The van der Waals surface area contributed by atoms with E-state index in [9.17, 15) is 4.79 Å². The lowest BCUT2D eigenvalue weighted by molar-refractivity contribution is -0.127. The molecule has 1 fully saturated rings. The summed E-state index contributed by atoms with van der Waals surface area (Å²) < 4.78 is 0. The highest BCUT2D eigenvalue weighted by Crippen LogP contribution is 2.23. The van der Waals surface area contributed by atoms with Crippen LogP contribution in [0.2, 0.25) is 10.0 Å². The summed E-state index contributed by atoms with van der Waals surface area (Å²) in [7, 11) is 0. The molecule has 0 radical (unpaired) electrons. The number of aliphatic hydroxyl groups is 1. The molecule has 0 aliphatic carbocycles. The molecule has 1 amide bonds. The molecule has 1 aromatic rings. The number of benzene rings is 1. The summed E-state index contributed by atoms with van der Waals surface area (Å²) in [5.74, 6) is -0.00952. The zero-order valence-corrected chi connectivity index (χ0v) is 13.1. The van der Waals surface area contributed by atoms with E-state index in [2.05, 4.69) is 4.90 Å². The predicted molar refractivity (Wildman–Crippen MR) is 85.6 cm³/mol. The van der Waals surface area contributed by atoms with Gasteiger partial charge in [0.2, 0.25) is 5.91 Å². The largest absolute Gasteiger partial charge is 0.395 e. The highest BCUT2D eigenvalue weighted by molar-refractivity contribution is 6.42. The molecule has 1 saturated heterocycles. The molecule has 1 aromatic carbocycles. The molecular formula is C15H18Cl2N2O2. The smallest absolute Gasteiger partial charge is 0.246 e. The molecule has 1 aliphatic heterocycles. The first-order valence-corrected chi connectivity index (χ1v) is 7.61. The lowest BCUT2D eigenvalue weighted by Gasteiger charge is -2.33. The third kappa shape index (κ3) is 4.71. The van der Waals surface area contributed by atoms with Crippen molar-refractivity contribution in [3.63, 3.8) is 0 Å². The van der Waals surface area contributed by atoms with Crippen molar-refractivity contribution in [2.24, 2.45) is 0 Å². The van der Waals surface area contributed by atoms with Gasteiger partial charge in [-0.1, -0.05) is 29.3 Å². The Balaban J connectivity index is 1.89. The Morgan fingerprint density at radius 1 is 1.19 bits per heavy atom. The highest BCUT2D eigenvalue weighted by atomic mass is 35.5. The number of nitrogens with zero attached hydrogens (tertiary/aromatic N) is 2. The van der Waals surface area contributed by atoms with E-state index >= 15 is 0 Å². The van der Waals surface area contributed by atoms with Crippen LogP contribution in [-0.2, 0) is 4.79 Å². The van der Waals surface area contributed by atoms with Crippen LogP contribution in [0, 0.1) is 0 Å². The molecule has 0 spiro atoms. The normalized spacial score (nSPS) is 16.6. The molecular weight excluding hydrogens is 311 g/mol. The fourth-order valence-corrected chi connectivity index (χ4v) is 2.53. The summed E-state index contributed by atoms with van der Waals surface area (Å²) in [5, 5.41) is 9.87. The molecule has 114 valence electrons. The average Bonchev–Trinajstić information content (AvgIpc) is 2.49. The monoisotopic (exact) mass is 328 g/mol. The molecule has 1 aliphatic rings. The summed E-state index contributed by atoms with van der Waals surface area (Å²) in [6.45, 7) is 3.79. The fourth-order valence-electron chi connectivity index (χ4n) is 2.22. The van der Waals surface area contributed by atoms with E-state index in [0.29, 0.717) is 29.7 Å². The van der Waals surface area contributed by atoms with Crippen LogP contribution in [0.25, 0.3) is 6.08 Å². The summed E-state index contributed by atoms with van der Waals surface area (Å²) in [6, 6.07) is 5.26. The number of hydrogen-bond donors (Lipinski definition) is 1. The van der Waals surface area contributed by atoms with Crippen molar-refractivity contribution in [1.82, 2.24) is 9.80 Å². The third-order valence-corrected chi connectivity index (χ3v) is 4.20. The number of piperazine rings is 1. The maximum Gasteiger partial charge on any atom is 0.246 e. The molecule has 6 heteroatoms. The Labute approximate surface area is 134 Å². The summed E-state index contributed by atoms with van der Waals surface area (Å²) in [6.07, 6.45) is 3.30. The number of aliphatic hydroxyl groups excluding tert-OH is 1. The molecule has 0 aromatic heterocycles. The van der Waals surface area contributed by atoms with Crippen LogP contribution in [0.3, 0.4) is 0 Å². The Bertz CT molecular complexity index is 526. The minimum atomic E-state index is -0.00952. The number of halogens is 2. The molecule has 2 rings (SSSR count). The lowest BCUT2D eigenvalue weighted by Crippen LogP contribution is -2.48. The van der Waals surface area contributed by atoms with Gasteiger partial charge in [-0.2, -0.15) is 0 Å². The van der Waals surface area contributed by atoms with Gasteiger partial charge in [0.25, 0.3) is 0 Å². The molecule has 0 saturated carbocycles. The van der Waals surface area contributed by atoms with Gasteiger partial charge in [0.1, 0.15) is 0 Å². The van der Waals surface area contributed by atoms with Gasteiger partial charge >= 0.3 is 0 Å². The van der Waals surface area contributed by atoms with E-state index in [1.54, 1.807) is 24.3 Å². The Kier molecular flexibility index (Phi) is 6.06. The minimum Gasteiger partial charge on any atom is -0.395 e. The number of hydrogen-bond acceptors (Lipinski definition) is 3. The molecule has 21 heavy (non-hydrogen) atoms. The van der Waals surface area contributed by atoms with Gasteiger partial charge in [-0.15, -0.1) is 0 Å². The van der Waals surface area contributed by atoms with Gasteiger partial charge in [-0.3, -0.25) is 9.69 Å². The maximum absolute atomic E-state index is 12.1. The van der Waals surface area contributed by atoms with Crippen molar-refractivity contribution >= 4 is 35.2 Å². The number of β-amino-alcohol motifs (C(OH)–C–C–N with tert-alkyl or cyclic N) is 1. The fraction of sp³-hybridized carbons (Fsp3) is 0.400. The second-order valence-electron chi connectivity index (χ2n) is 4.90. The van der Waals surface area contributed by atoms with Crippen LogP contribution >= 0.6 is 23.2 Å². The van der Waals surface area contributed by atoms with Gasteiger partial charge in [0.15, 0.2) is 0 Å². The van der Waals surface area contributed by atoms with E-state index in [-0.39, 0.29) is 12.5 Å². The Morgan fingerprint density at radius 3 is 2.52 bits per heavy atom. The number of amides is 1. The van der Waals surface area contributed by atoms with Crippen molar-refractivity contribution < 1.29 is 9.90 Å². The first kappa shape index (κ1) is 16.3. The molecule has 4 nitrogen and oxygen atoms in total. The zero-order chi connectivity index (χ0) is 15.2. The molecule has 1 N–H and O–H groups in total. The van der Waals surface area contributed by atoms with Crippen LogP contribution in [0.15, 0.2) is 24.3 Å². The van der Waals surface area contributed by atoms with Crippen LogP contribution in [-0.4, -0.2) is 60.1 Å². The number of carbonyl (C=O) groups excluding carboxylic acids is 1. The van der Waals surface area contributed by atoms with Gasteiger partial charge in [-0.25, -0.2) is 0 Å². The zero-order valence-electron chi connectivity index (χ0n) is 11.6. The van der Waals surface area contributed by atoms with Crippen molar-refractivity contribution in [3.05, 3.63) is 39.9 Å². The van der Waals surface area contributed by atoms with E-state index in [4.69, 9.17) is 28.3 Å². The van der Waals surface area contributed by atoms with Gasteiger partial charge in [0.05, 0.1) is 16.7 Å². The first-order chi connectivity index (χ1) is 10.1. The van der Waals surface area contributed by atoms with Crippen molar-refractivity contribution in [2.45, 2.75) is 0 Å². The quantitative estimate of drug-likeness (QED) is 0.861. The van der Waals surface area contributed by atoms with Crippen molar-refractivity contribution in [3.8, 4) is 0 Å². The van der Waals surface area contributed by atoms with E-state index < -0.39 is 0 Å². The van der Waals surface area contributed by atoms with Gasteiger partial charge in [0, 0.05) is 38.8 Å². The van der Waals surface area contributed by atoms with Crippen molar-refractivity contribution in [1.29, 1.82) is 0 Å². The number of rotatable bonds is 4. The summed E-state index contributed by atoms with van der Waals surface area (Å²) >= 11 is 11.8. The second kappa shape index (κ2) is 7.80. The molecule has 0 unspecified atom stereocenters. The average molecular weight is 329 g/mol. The number of carbonyl (C=O) groups is 1. The van der Waals surface area contributed by atoms with E-state index in [1.165, 1.54) is 0 Å². The minimum absolute atomic E-state index is 0.00952. The van der Waals surface area contributed by atoms with Crippen molar-refractivity contribution in [2.75, 3.05) is 39.3 Å². The van der Waals surface area contributed by atoms with Crippen LogP contribution < -0.4 is 0 Å². The summed E-state index contributed by atoms with van der Waals surface area (Å²) in [5.41, 5.74) is 0.844. The first-order valence-electron chi connectivity index (χ1n) is 6.85.